The van der Waals surface area contributed by atoms with E-state index in [-0.39, 0.29) is 5.91 Å². The molecule has 0 fully saturated rings. The van der Waals surface area contributed by atoms with Gasteiger partial charge in [0, 0.05) is 25.3 Å². The molecule has 17 heavy (non-hydrogen) atoms. The predicted octanol–water partition coefficient (Wildman–Crippen LogP) is 1.94. The first-order valence-corrected chi connectivity index (χ1v) is 5.89. The van der Waals surface area contributed by atoms with Gasteiger partial charge in [-0.1, -0.05) is 0 Å². The number of nitrogens with zero attached hydrogens (tertiary/aromatic N) is 1. The minimum atomic E-state index is -0.466. The summed E-state index contributed by atoms with van der Waals surface area (Å²) in [5.74, 6) is -0.630. The van der Waals surface area contributed by atoms with E-state index in [9.17, 15) is 9.59 Å². The predicted molar refractivity (Wildman–Crippen MR) is 73.4 cm³/mol. The molecule has 0 saturated heterocycles. The Hall–Kier alpha value is -1.31. The van der Waals surface area contributed by atoms with Crippen LogP contribution in [0.2, 0.25) is 0 Å². The van der Waals surface area contributed by atoms with Gasteiger partial charge in [-0.05, 0) is 18.2 Å². The lowest BCUT2D eigenvalue weighted by Crippen LogP contribution is -2.22. The number of ether oxygens (including phenoxy) is 1. The van der Waals surface area contributed by atoms with Gasteiger partial charge in [-0.25, -0.2) is 4.79 Å². The van der Waals surface area contributed by atoms with Crippen LogP contribution in [0.15, 0.2) is 18.2 Å². The minimum Gasteiger partial charge on any atom is -0.465 e. The van der Waals surface area contributed by atoms with Gasteiger partial charge in [0.2, 0.25) is 0 Å². The molecule has 0 unspecified atom stereocenters. The van der Waals surface area contributed by atoms with Crippen LogP contribution in [0.5, 0.6) is 0 Å². The Kier molecular flexibility index (Phi) is 4.73. The molecule has 1 amide bonds. The van der Waals surface area contributed by atoms with E-state index in [4.69, 9.17) is 0 Å². The molecule has 0 heterocycles. The zero-order valence-electron chi connectivity index (χ0n) is 9.78. The average Bonchev–Trinajstić information content (AvgIpc) is 2.35. The third kappa shape index (κ3) is 3.32. The van der Waals surface area contributed by atoms with Gasteiger partial charge >= 0.3 is 5.97 Å². The van der Waals surface area contributed by atoms with Crippen molar-refractivity contribution in [3.05, 3.63) is 29.3 Å². The van der Waals surface area contributed by atoms with Gasteiger partial charge in [-0.3, -0.25) is 4.79 Å². The number of hydrogen-bond acceptors (Lipinski definition) is 4. The van der Waals surface area contributed by atoms with Crippen molar-refractivity contribution >= 4 is 40.4 Å². The largest absolute Gasteiger partial charge is 0.465 e. The Labute approximate surface area is 114 Å². The van der Waals surface area contributed by atoms with E-state index >= 15 is 0 Å². The number of carbonyl (C=O) groups excluding carboxylic acids is 2. The van der Waals surface area contributed by atoms with Gasteiger partial charge in [0.1, 0.15) is 0 Å². The molecular weight excluding hydrogens is 335 g/mol. The van der Waals surface area contributed by atoms with E-state index in [1.807, 2.05) is 22.9 Å². The molecule has 92 valence electrons. The van der Waals surface area contributed by atoms with Crippen LogP contribution in [0.1, 0.15) is 20.7 Å². The number of anilines is 1. The van der Waals surface area contributed by atoms with Gasteiger partial charge in [0.15, 0.2) is 0 Å². The average molecular weight is 348 g/mol. The van der Waals surface area contributed by atoms with Gasteiger partial charge in [-0.2, -0.15) is 0 Å². The van der Waals surface area contributed by atoms with Crippen LogP contribution in [-0.4, -0.2) is 38.0 Å². The molecule has 1 aromatic carbocycles. The normalized spacial score (nSPS) is 9.65. The van der Waals surface area contributed by atoms with Gasteiger partial charge in [-0.15, -0.1) is 0 Å². The maximum absolute atomic E-state index is 11.8. The first-order valence-electron chi connectivity index (χ1n) is 4.81. The molecule has 0 bridgehead atoms. The highest BCUT2D eigenvalue weighted by Gasteiger charge is 2.14. The highest BCUT2D eigenvalue weighted by molar-refractivity contribution is 14.1. The van der Waals surface area contributed by atoms with Crippen LogP contribution in [0, 0.1) is 0 Å². The summed E-state index contributed by atoms with van der Waals surface area (Å²) in [4.78, 5) is 24.7. The summed E-state index contributed by atoms with van der Waals surface area (Å²) < 4.78 is 7.51. The van der Waals surface area contributed by atoms with Crippen molar-refractivity contribution in [2.45, 2.75) is 0 Å². The fourth-order valence-electron chi connectivity index (χ4n) is 1.30. The van der Waals surface area contributed by atoms with E-state index in [2.05, 4.69) is 8.27 Å². The molecule has 0 aliphatic carbocycles. The molecule has 1 aromatic rings. The van der Waals surface area contributed by atoms with Crippen LogP contribution >= 0.6 is 22.9 Å². The first-order chi connectivity index (χ1) is 7.99. The zero-order chi connectivity index (χ0) is 13.0. The number of nitrogens with one attached hydrogen (secondary N) is 1. The van der Waals surface area contributed by atoms with Crippen molar-refractivity contribution in [1.82, 2.24) is 4.90 Å². The number of methoxy groups -OCH3 is 1. The van der Waals surface area contributed by atoms with Crippen molar-refractivity contribution in [3.8, 4) is 0 Å². The molecule has 0 aromatic heterocycles. The Bertz CT molecular complexity index is 446. The highest BCUT2D eigenvalue weighted by atomic mass is 127. The summed E-state index contributed by atoms with van der Waals surface area (Å²) in [6.07, 6.45) is 0. The van der Waals surface area contributed by atoms with E-state index in [1.54, 1.807) is 26.2 Å². The molecule has 0 radical (unpaired) electrons. The summed E-state index contributed by atoms with van der Waals surface area (Å²) in [5.41, 5.74) is 1.47. The quantitative estimate of drug-likeness (QED) is 0.515. The van der Waals surface area contributed by atoms with Crippen molar-refractivity contribution in [3.63, 3.8) is 0 Å². The molecule has 0 aliphatic rings. The SMILES string of the molecule is COC(=O)c1cc(NI)cc(C(=O)N(C)C)c1. The molecule has 1 rings (SSSR count). The number of esters is 1. The lowest BCUT2D eigenvalue weighted by Gasteiger charge is -2.12. The van der Waals surface area contributed by atoms with Crippen molar-refractivity contribution in [2.24, 2.45) is 0 Å². The van der Waals surface area contributed by atoms with Gasteiger partial charge in [0.05, 0.1) is 35.5 Å². The topological polar surface area (TPSA) is 58.6 Å². The standard InChI is InChI=1S/C11H13IN2O3/c1-14(2)10(15)7-4-8(11(16)17-3)6-9(5-7)13-12/h4-6,13H,1-3H3. The minimum absolute atomic E-state index is 0.163. The number of amides is 1. The first kappa shape index (κ1) is 13.8. The van der Waals surface area contributed by atoms with E-state index in [0.717, 1.165) is 0 Å². The van der Waals surface area contributed by atoms with Gasteiger partial charge < -0.3 is 13.2 Å². The Morgan fingerprint density at radius 3 is 2.29 bits per heavy atom. The maximum Gasteiger partial charge on any atom is 0.337 e. The molecular formula is C11H13IN2O3. The number of hydrogen-bond donors (Lipinski definition) is 1. The smallest absolute Gasteiger partial charge is 0.337 e. The van der Waals surface area contributed by atoms with Crippen molar-refractivity contribution < 1.29 is 14.3 Å². The molecule has 0 saturated carbocycles. The zero-order valence-corrected chi connectivity index (χ0v) is 11.9. The number of benzene rings is 1. The summed E-state index contributed by atoms with van der Waals surface area (Å²) in [6.45, 7) is 0. The second-order valence-corrected chi connectivity index (χ2v) is 4.12. The lowest BCUT2D eigenvalue weighted by atomic mass is 10.1. The molecule has 0 aliphatic heterocycles. The molecule has 1 N–H and O–H groups in total. The summed E-state index contributed by atoms with van der Waals surface area (Å²) in [6, 6.07) is 4.83. The van der Waals surface area contributed by atoms with Crippen LogP contribution in [0.25, 0.3) is 0 Å². The lowest BCUT2D eigenvalue weighted by molar-refractivity contribution is 0.0601. The van der Waals surface area contributed by atoms with Crippen LogP contribution in [0.4, 0.5) is 5.69 Å². The second kappa shape index (κ2) is 5.85. The van der Waals surface area contributed by atoms with Crippen molar-refractivity contribution in [2.75, 3.05) is 24.7 Å². The van der Waals surface area contributed by atoms with E-state index in [0.29, 0.717) is 16.8 Å². The van der Waals surface area contributed by atoms with Crippen LogP contribution in [-0.2, 0) is 4.74 Å². The Morgan fingerprint density at radius 1 is 1.24 bits per heavy atom. The van der Waals surface area contributed by atoms with Crippen LogP contribution in [0.3, 0.4) is 0 Å². The van der Waals surface area contributed by atoms with Crippen molar-refractivity contribution in [1.29, 1.82) is 0 Å². The number of halogens is 1. The third-order valence-electron chi connectivity index (χ3n) is 2.12. The summed E-state index contributed by atoms with van der Waals surface area (Å²) in [5, 5.41) is 0. The van der Waals surface area contributed by atoms with Gasteiger partial charge in [0.25, 0.3) is 5.91 Å². The fourth-order valence-corrected chi connectivity index (χ4v) is 1.61. The molecule has 0 spiro atoms. The molecule has 6 heteroatoms. The van der Waals surface area contributed by atoms with Crippen LogP contribution < -0.4 is 3.53 Å². The van der Waals surface area contributed by atoms with E-state index in [1.165, 1.54) is 18.1 Å². The Morgan fingerprint density at radius 2 is 1.82 bits per heavy atom. The second-order valence-electron chi connectivity index (χ2n) is 3.58. The maximum atomic E-state index is 11.8. The Balaban J connectivity index is 3.23. The monoisotopic (exact) mass is 348 g/mol. The summed E-state index contributed by atoms with van der Waals surface area (Å²) >= 11 is 1.94. The molecule has 5 nitrogen and oxygen atoms in total. The van der Waals surface area contributed by atoms with E-state index < -0.39 is 5.97 Å². The highest BCUT2D eigenvalue weighted by Crippen LogP contribution is 2.18. The number of rotatable bonds is 3. The molecule has 0 atom stereocenters. The number of carbonyl (C=O) groups is 2. The fraction of sp³-hybridized carbons (Fsp3) is 0.273. The summed E-state index contributed by atoms with van der Waals surface area (Å²) in [7, 11) is 4.62. The third-order valence-corrected chi connectivity index (χ3v) is 2.74.